The molecule has 7 aromatic rings. The first-order valence-electron chi connectivity index (χ1n) is 15.3. The number of benzene rings is 5. The molecule has 0 bridgehead atoms. The molecule has 0 saturated heterocycles. The molecule has 7 aromatic carbocycles. The summed E-state index contributed by atoms with van der Waals surface area (Å²) in [4.78, 5) is 0. The second-order valence-electron chi connectivity index (χ2n) is 10.5. The summed E-state index contributed by atoms with van der Waals surface area (Å²) in [5.41, 5.74) is 14.6. The summed E-state index contributed by atoms with van der Waals surface area (Å²) in [6, 6.07) is 53.5. The van der Waals surface area contributed by atoms with Crippen molar-refractivity contribution >= 4 is 49.5 Å². The van der Waals surface area contributed by atoms with Gasteiger partial charge in [0.1, 0.15) is 0 Å². The molecule has 46 heavy (non-hydrogen) atoms. The molecule has 0 amide bonds. The van der Waals surface area contributed by atoms with Crippen LogP contribution in [0, 0.1) is 0 Å². The molecular weight excluding hydrogens is 697 g/mol. The quantitative estimate of drug-likeness (QED) is 0.138. The van der Waals surface area contributed by atoms with E-state index in [1.807, 2.05) is 30.3 Å². The third kappa shape index (κ3) is 10.5. The van der Waals surface area contributed by atoms with Gasteiger partial charge in [0.2, 0.25) is 0 Å². The van der Waals surface area contributed by atoms with E-state index in [9.17, 15) is 0 Å². The Balaban J connectivity index is 0.000000188. The van der Waals surface area contributed by atoms with Crippen LogP contribution in [0.25, 0.3) is 43.8 Å². The minimum atomic E-state index is -0.826. The maximum atomic E-state index is 5.35. The number of rotatable bonds is 5. The van der Waals surface area contributed by atoms with E-state index in [-0.39, 0.29) is 11.0 Å². The van der Waals surface area contributed by atoms with Crippen molar-refractivity contribution in [1.82, 2.24) is 0 Å². The van der Waals surface area contributed by atoms with Crippen molar-refractivity contribution in [2.75, 3.05) is 0 Å². The van der Waals surface area contributed by atoms with Crippen LogP contribution in [0.1, 0.15) is 30.5 Å². The summed E-state index contributed by atoms with van der Waals surface area (Å²) >= 11 is -0.826. The van der Waals surface area contributed by atoms with Crippen LogP contribution in [0.15, 0.2) is 152 Å². The summed E-state index contributed by atoms with van der Waals surface area (Å²) in [6.07, 6.45) is 2.20. The molecule has 0 aliphatic carbocycles. The maximum Gasteiger partial charge on any atom is 0 e. The van der Waals surface area contributed by atoms with Gasteiger partial charge in [-0.1, -0.05) is 128 Å². The molecule has 2 N–H and O–H groups in total. The van der Waals surface area contributed by atoms with E-state index in [1.54, 1.807) is 0 Å². The molecule has 0 saturated carbocycles. The Morgan fingerprint density at radius 1 is 0.543 bits per heavy atom. The zero-order chi connectivity index (χ0) is 31.9. The minimum Gasteiger partial charge on any atom is 0 e. The van der Waals surface area contributed by atoms with Crippen molar-refractivity contribution in [3.63, 3.8) is 0 Å². The fraction of sp³-hybridized carbons (Fsp3) is 0.122. The summed E-state index contributed by atoms with van der Waals surface area (Å²) in [5.74, 6) is 0. The molecule has 230 valence electrons. The Bertz CT molecular complexity index is 1730. The molecule has 0 atom stereocenters. The Morgan fingerprint density at radius 3 is 1.24 bits per heavy atom. The van der Waals surface area contributed by atoms with Crippen LogP contribution in [0.4, 0.5) is 0 Å². The normalized spacial score (nSPS) is 9.85. The van der Waals surface area contributed by atoms with Crippen LogP contribution in [0.3, 0.4) is 0 Å². The fourth-order valence-electron chi connectivity index (χ4n) is 5.35. The number of aryl methyl sites for hydroxylation is 2. The third-order valence-corrected chi connectivity index (χ3v) is 7.69. The van der Waals surface area contributed by atoms with E-state index in [0.717, 1.165) is 12.8 Å². The fourth-order valence-corrected chi connectivity index (χ4v) is 5.35. The zero-order valence-corrected chi connectivity index (χ0v) is 31.4. The van der Waals surface area contributed by atoms with Gasteiger partial charge in [0, 0.05) is 17.5 Å². The first kappa shape index (κ1) is 37.4. The molecular formula is C41H39Cl2NSiZr. The smallest absolute Gasteiger partial charge is 0 e. The van der Waals surface area contributed by atoms with Gasteiger partial charge in [0.25, 0.3) is 0 Å². The Hall–Kier alpha value is -3.04. The van der Waals surface area contributed by atoms with Crippen molar-refractivity contribution in [3.05, 3.63) is 168 Å². The number of hydrogen-bond acceptors (Lipinski definition) is 1. The van der Waals surface area contributed by atoms with Gasteiger partial charge >= 0.3 is 37.9 Å². The van der Waals surface area contributed by atoms with Gasteiger partial charge in [-0.3, -0.25) is 0 Å². The van der Waals surface area contributed by atoms with Gasteiger partial charge in [0.05, 0.1) is 0 Å². The van der Waals surface area contributed by atoms with Gasteiger partial charge in [-0.2, -0.15) is 12.1 Å². The number of fused-ring (bicyclic) bond motifs is 2. The SMILES string of the molecule is CCc1cc2c(-c3ccccc3)cccc2[cH-]1.CCc1cc2c(-c3ccccc3)cccc2[cH-]1.NCc1ccccc1.[Cl][Zr+2][Cl].[Si]. The van der Waals surface area contributed by atoms with E-state index < -0.39 is 20.8 Å². The summed E-state index contributed by atoms with van der Waals surface area (Å²) in [6.45, 7) is 5.05. The third-order valence-electron chi connectivity index (χ3n) is 7.69. The minimum absolute atomic E-state index is 0. The van der Waals surface area contributed by atoms with Crippen LogP contribution < -0.4 is 5.73 Å². The Labute approximate surface area is 297 Å². The topological polar surface area (TPSA) is 26.0 Å². The van der Waals surface area contributed by atoms with Crippen molar-refractivity contribution in [2.45, 2.75) is 33.2 Å². The van der Waals surface area contributed by atoms with Crippen LogP contribution in [-0.4, -0.2) is 11.0 Å². The van der Waals surface area contributed by atoms with Gasteiger partial charge in [-0.25, -0.2) is 0 Å². The Morgan fingerprint density at radius 2 is 0.913 bits per heavy atom. The Kier molecular flexibility index (Phi) is 16.5. The average molecular weight is 736 g/mol. The van der Waals surface area contributed by atoms with E-state index in [2.05, 4.69) is 135 Å². The molecule has 0 unspecified atom stereocenters. The largest absolute Gasteiger partial charge is 0 e. The van der Waals surface area contributed by atoms with Crippen molar-refractivity contribution < 1.29 is 20.8 Å². The van der Waals surface area contributed by atoms with Gasteiger partial charge < -0.3 is 5.73 Å². The molecule has 0 fully saturated rings. The number of nitrogens with two attached hydrogens (primary N) is 1. The molecule has 0 aliphatic heterocycles. The molecule has 0 spiro atoms. The summed E-state index contributed by atoms with van der Waals surface area (Å²) < 4.78 is 0. The molecule has 0 aliphatic rings. The molecule has 5 heteroatoms. The molecule has 7 rings (SSSR count). The van der Waals surface area contributed by atoms with Crippen LogP contribution >= 0.6 is 17.0 Å². The summed E-state index contributed by atoms with van der Waals surface area (Å²) in [7, 11) is 9.87. The van der Waals surface area contributed by atoms with Crippen LogP contribution in [0.2, 0.25) is 0 Å². The number of halogens is 2. The monoisotopic (exact) mass is 733 g/mol. The maximum absolute atomic E-state index is 5.35. The number of hydrogen-bond donors (Lipinski definition) is 1. The molecule has 4 radical (unpaired) electrons. The average Bonchev–Trinajstić information content (AvgIpc) is 3.74. The van der Waals surface area contributed by atoms with E-state index in [1.165, 1.54) is 60.5 Å². The second kappa shape index (κ2) is 20.3. The predicted molar refractivity (Wildman–Crippen MR) is 201 cm³/mol. The van der Waals surface area contributed by atoms with Crippen LogP contribution in [-0.2, 0) is 40.2 Å². The van der Waals surface area contributed by atoms with Gasteiger partial charge in [-0.05, 0) is 29.5 Å². The van der Waals surface area contributed by atoms with E-state index >= 15 is 0 Å². The second-order valence-corrected chi connectivity index (χ2v) is 14.3. The molecule has 1 nitrogen and oxygen atoms in total. The summed E-state index contributed by atoms with van der Waals surface area (Å²) in [5, 5.41) is 5.44. The molecule has 0 aromatic heterocycles. The standard InChI is InChI=1S/2C17H15.C7H9N.2ClH.Si.Zr/c2*1-2-13-11-15-9-6-10-16(17(15)12-13)14-7-4-3-5-8-14;8-6-7-4-2-1-3-5-7;;;;/h2*3-12H,2H2,1H3;1-5H,6,8H2;2*1H;;/q2*-1;;;;;+4/p-2. The van der Waals surface area contributed by atoms with Crippen molar-refractivity contribution in [1.29, 1.82) is 0 Å². The van der Waals surface area contributed by atoms with E-state index in [4.69, 9.17) is 22.8 Å². The van der Waals surface area contributed by atoms with Gasteiger partial charge in [0.15, 0.2) is 0 Å². The van der Waals surface area contributed by atoms with E-state index in [0.29, 0.717) is 6.54 Å². The predicted octanol–water partition coefficient (Wildman–Crippen LogP) is 11.7. The van der Waals surface area contributed by atoms with Crippen molar-refractivity contribution in [2.24, 2.45) is 5.73 Å². The zero-order valence-electron chi connectivity index (χ0n) is 26.4. The first-order chi connectivity index (χ1) is 22.1. The van der Waals surface area contributed by atoms with Crippen LogP contribution in [0.5, 0.6) is 0 Å². The molecule has 0 heterocycles. The first-order valence-corrected chi connectivity index (χ1v) is 21.6. The van der Waals surface area contributed by atoms with Gasteiger partial charge in [-0.15, -0.1) is 69.1 Å². The van der Waals surface area contributed by atoms with Crippen molar-refractivity contribution in [3.8, 4) is 22.3 Å².